The average molecular weight is 229 g/mol. The fourth-order valence-corrected chi connectivity index (χ4v) is 1.87. The molecule has 0 spiro atoms. The molecular weight excluding hydrogens is 206 g/mol. The third kappa shape index (κ3) is 5.47. The van der Waals surface area contributed by atoms with Gasteiger partial charge in [0.2, 0.25) is 0 Å². The Morgan fingerprint density at radius 1 is 1.56 bits per heavy atom. The molecule has 1 heterocycles. The van der Waals surface area contributed by atoms with Gasteiger partial charge in [0.05, 0.1) is 12.5 Å². The summed E-state index contributed by atoms with van der Waals surface area (Å²) in [6.07, 6.45) is 5.56. The van der Waals surface area contributed by atoms with Crippen LogP contribution < -0.4 is 5.73 Å². The van der Waals surface area contributed by atoms with E-state index in [9.17, 15) is 4.79 Å². The first-order valence-corrected chi connectivity index (χ1v) is 6.25. The molecule has 2 unspecified atom stereocenters. The molecule has 4 nitrogen and oxygen atoms in total. The fraction of sp³-hybridized carbons (Fsp3) is 0.917. The van der Waals surface area contributed by atoms with Crippen molar-refractivity contribution in [2.75, 3.05) is 13.2 Å². The monoisotopic (exact) mass is 229 g/mol. The molecule has 1 aliphatic rings. The van der Waals surface area contributed by atoms with Gasteiger partial charge in [-0.05, 0) is 25.7 Å². The predicted molar refractivity (Wildman–Crippen MR) is 62.1 cm³/mol. The minimum absolute atomic E-state index is 0.0650. The van der Waals surface area contributed by atoms with Gasteiger partial charge in [-0.2, -0.15) is 0 Å². The van der Waals surface area contributed by atoms with Crippen LogP contribution in [0.2, 0.25) is 0 Å². The van der Waals surface area contributed by atoms with Crippen LogP contribution in [0.5, 0.6) is 0 Å². The topological polar surface area (TPSA) is 61.6 Å². The average Bonchev–Trinajstić information content (AvgIpc) is 2.28. The Balaban J connectivity index is 2.09. The minimum Gasteiger partial charge on any atom is -0.463 e. The first kappa shape index (κ1) is 13.5. The highest BCUT2D eigenvalue weighted by Crippen LogP contribution is 2.13. The van der Waals surface area contributed by atoms with Crippen LogP contribution in [0.4, 0.5) is 0 Å². The van der Waals surface area contributed by atoms with Gasteiger partial charge in [-0.25, -0.2) is 0 Å². The van der Waals surface area contributed by atoms with E-state index in [0.717, 1.165) is 38.7 Å². The Hall–Kier alpha value is -0.610. The van der Waals surface area contributed by atoms with Crippen LogP contribution in [-0.4, -0.2) is 31.3 Å². The lowest BCUT2D eigenvalue weighted by molar-refractivity contribution is -0.149. The summed E-state index contributed by atoms with van der Waals surface area (Å²) < 4.78 is 10.6. The van der Waals surface area contributed by atoms with Crippen molar-refractivity contribution in [2.45, 2.75) is 57.6 Å². The number of ether oxygens (including phenoxy) is 2. The SMILES string of the molecule is CCCC(N)CC(=O)OCC1CCCCO1. The van der Waals surface area contributed by atoms with Crippen LogP contribution in [0.15, 0.2) is 0 Å². The molecule has 4 heteroatoms. The highest BCUT2D eigenvalue weighted by molar-refractivity contribution is 5.70. The van der Waals surface area contributed by atoms with Gasteiger partial charge in [0, 0.05) is 12.6 Å². The molecule has 0 amide bonds. The van der Waals surface area contributed by atoms with Crippen molar-refractivity contribution in [2.24, 2.45) is 5.73 Å². The van der Waals surface area contributed by atoms with Crippen LogP contribution in [-0.2, 0) is 14.3 Å². The normalized spacial score (nSPS) is 22.8. The van der Waals surface area contributed by atoms with Gasteiger partial charge >= 0.3 is 5.97 Å². The molecule has 0 aromatic carbocycles. The van der Waals surface area contributed by atoms with Crippen LogP contribution in [0.1, 0.15) is 45.4 Å². The van der Waals surface area contributed by atoms with E-state index < -0.39 is 0 Å². The second-order valence-electron chi connectivity index (χ2n) is 4.42. The minimum atomic E-state index is -0.199. The summed E-state index contributed by atoms with van der Waals surface area (Å²) in [5, 5.41) is 0. The van der Waals surface area contributed by atoms with Gasteiger partial charge in [0.15, 0.2) is 0 Å². The molecule has 0 saturated carbocycles. The van der Waals surface area contributed by atoms with Crippen LogP contribution in [0.25, 0.3) is 0 Å². The maximum absolute atomic E-state index is 11.4. The summed E-state index contributed by atoms with van der Waals surface area (Å²) in [5.74, 6) is -0.199. The number of esters is 1. The molecule has 0 aliphatic carbocycles. The quantitative estimate of drug-likeness (QED) is 0.703. The van der Waals surface area contributed by atoms with Gasteiger partial charge in [-0.3, -0.25) is 4.79 Å². The van der Waals surface area contributed by atoms with Crippen molar-refractivity contribution < 1.29 is 14.3 Å². The Morgan fingerprint density at radius 3 is 3.00 bits per heavy atom. The molecular formula is C12H23NO3. The largest absolute Gasteiger partial charge is 0.463 e. The van der Waals surface area contributed by atoms with E-state index in [1.165, 1.54) is 0 Å². The van der Waals surface area contributed by atoms with E-state index in [1.807, 2.05) is 0 Å². The van der Waals surface area contributed by atoms with Gasteiger partial charge in [0.25, 0.3) is 0 Å². The number of hydrogen-bond acceptors (Lipinski definition) is 4. The van der Waals surface area contributed by atoms with E-state index in [2.05, 4.69) is 6.92 Å². The molecule has 0 radical (unpaired) electrons. The zero-order valence-corrected chi connectivity index (χ0v) is 10.1. The Kier molecular flexibility index (Phi) is 6.42. The van der Waals surface area contributed by atoms with Crippen molar-refractivity contribution >= 4 is 5.97 Å². The van der Waals surface area contributed by atoms with Crippen LogP contribution in [0, 0.1) is 0 Å². The highest BCUT2D eigenvalue weighted by Gasteiger charge is 2.17. The molecule has 1 fully saturated rings. The standard InChI is InChI=1S/C12H23NO3/c1-2-5-10(13)8-12(14)16-9-11-6-3-4-7-15-11/h10-11H,2-9,13H2,1H3. The Bertz CT molecular complexity index is 202. The lowest BCUT2D eigenvalue weighted by Gasteiger charge is -2.22. The van der Waals surface area contributed by atoms with E-state index in [1.54, 1.807) is 0 Å². The lowest BCUT2D eigenvalue weighted by atomic mass is 10.1. The van der Waals surface area contributed by atoms with E-state index >= 15 is 0 Å². The molecule has 0 bridgehead atoms. The first-order valence-electron chi connectivity index (χ1n) is 6.25. The van der Waals surface area contributed by atoms with Crippen molar-refractivity contribution in [3.63, 3.8) is 0 Å². The zero-order chi connectivity index (χ0) is 11.8. The number of hydrogen-bond donors (Lipinski definition) is 1. The number of carbonyl (C=O) groups is 1. The summed E-state index contributed by atoms with van der Waals surface area (Å²) in [7, 11) is 0. The number of nitrogens with two attached hydrogens (primary N) is 1. The predicted octanol–water partition coefficient (Wildman–Crippen LogP) is 1.62. The van der Waals surface area contributed by atoms with Crippen molar-refractivity contribution in [3.05, 3.63) is 0 Å². The second kappa shape index (κ2) is 7.63. The molecule has 2 atom stereocenters. The maximum Gasteiger partial charge on any atom is 0.307 e. The van der Waals surface area contributed by atoms with Crippen LogP contribution >= 0.6 is 0 Å². The summed E-state index contributed by atoms with van der Waals surface area (Å²) in [4.78, 5) is 11.4. The molecule has 1 saturated heterocycles. The van der Waals surface area contributed by atoms with Gasteiger partial charge in [0.1, 0.15) is 6.61 Å². The van der Waals surface area contributed by atoms with E-state index in [-0.39, 0.29) is 18.1 Å². The smallest absolute Gasteiger partial charge is 0.307 e. The van der Waals surface area contributed by atoms with Gasteiger partial charge in [-0.15, -0.1) is 0 Å². The van der Waals surface area contributed by atoms with Crippen LogP contribution in [0.3, 0.4) is 0 Å². The summed E-state index contributed by atoms with van der Waals surface area (Å²) in [6, 6.07) is -0.0650. The number of carbonyl (C=O) groups excluding carboxylic acids is 1. The Morgan fingerprint density at radius 2 is 2.38 bits per heavy atom. The third-order valence-electron chi connectivity index (χ3n) is 2.79. The molecule has 1 aliphatic heterocycles. The third-order valence-corrected chi connectivity index (χ3v) is 2.79. The van der Waals surface area contributed by atoms with E-state index in [4.69, 9.17) is 15.2 Å². The summed E-state index contributed by atoms with van der Waals surface area (Å²) >= 11 is 0. The molecule has 16 heavy (non-hydrogen) atoms. The zero-order valence-electron chi connectivity index (χ0n) is 10.1. The highest BCUT2D eigenvalue weighted by atomic mass is 16.6. The Labute approximate surface area is 97.5 Å². The fourth-order valence-electron chi connectivity index (χ4n) is 1.87. The molecule has 0 aromatic heterocycles. The number of rotatable bonds is 6. The van der Waals surface area contributed by atoms with Gasteiger partial charge < -0.3 is 15.2 Å². The maximum atomic E-state index is 11.4. The second-order valence-corrected chi connectivity index (χ2v) is 4.42. The molecule has 1 rings (SSSR count). The first-order chi connectivity index (χ1) is 7.72. The molecule has 2 N–H and O–H groups in total. The van der Waals surface area contributed by atoms with E-state index in [0.29, 0.717) is 13.0 Å². The van der Waals surface area contributed by atoms with Gasteiger partial charge in [-0.1, -0.05) is 13.3 Å². The molecule has 0 aromatic rings. The van der Waals surface area contributed by atoms with Crippen molar-refractivity contribution in [3.8, 4) is 0 Å². The summed E-state index contributed by atoms with van der Waals surface area (Å²) in [6.45, 7) is 3.23. The van der Waals surface area contributed by atoms with Crippen molar-refractivity contribution in [1.82, 2.24) is 0 Å². The lowest BCUT2D eigenvalue weighted by Crippen LogP contribution is -2.29. The summed E-state index contributed by atoms with van der Waals surface area (Å²) in [5.41, 5.74) is 5.76. The molecule has 94 valence electrons. The van der Waals surface area contributed by atoms with Crippen molar-refractivity contribution in [1.29, 1.82) is 0 Å².